The summed E-state index contributed by atoms with van der Waals surface area (Å²) in [6.07, 6.45) is 0.838. The number of ketones is 2. The lowest BCUT2D eigenvalue weighted by atomic mass is 10.0. The minimum absolute atomic E-state index is 0.229. The molecule has 1 aliphatic rings. The second kappa shape index (κ2) is 5.72. The third-order valence-corrected chi connectivity index (χ3v) is 3.07. The SMILES string of the molecule is CN[C@@H](C)C(=O)CC(=O)[C@@H]1CCCN1[N+](=O)[O-]. The summed E-state index contributed by atoms with van der Waals surface area (Å²) < 4.78 is 0. The Bertz CT molecular complexity index is 332. The molecule has 0 aliphatic carbocycles. The number of hydrogen-bond acceptors (Lipinski definition) is 5. The van der Waals surface area contributed by atoms with Crippen molar-refractivity contribution in [1.29, 1.82) is 0 Å². The van der Waals surface area contributed by atoms with Gasteiger partial charge in [0.1, 0.15) is 6.04 Å². The summed E-state index contributed by atoms with van der Waals surface area (Å²) in [5, 5.41) is 13.8. The van der Waals surface area contributed by atoms with Gasteiger partial charge in [-0.1, -0.05) is 0 Å². The smallest absolute Gasteiger partial charge is 0.168 e. The summed E-state index contributed by atoms with van der Waals surface area (Å²) in [4.78, 5) is 34.0. The predicted molar refractivity (Wildman–Crippen MR) is 59.9 cm³/mol. The van der Waals surface area contributed by atoms with Gasteiger partial charge in [-0.15, -0.1) is 5.01 Å². The first-order chi connectivity index (χ1) is 7.97. The number of hydrazine groups is 1. The summed E-state index contributed by atoms with van der Waals surface area (Å²) in [7, 11) is 1.63. The molecule has 1 saturated heterocycles. The molecule has 0 saturated carbocycles. The molecule has 0 aromatic rings. The van der Waals surface area contributed by atoms with E-state index in [9.17, 15) is 19.7 Å². The van der Waals surface area contributed by atoms with Crippen LogP contribution >= 0.6 is 0 Å². The Morgan fingerprint density at radius 3 is 2.76 bits per heavy atom. The van der Waals surface area contributed by atoms with Crippen LogP contribution in [-0.2, 0) is 9.59 Å². The van der Waals surface area contributed by atoms with E-state index in [0.29, 0.717) is 12.8 Å². The lowest BCUT2D eigenvalue weighted by molar-refractivity contribution is -0.656. The lowest BCUT2D eigenvalue weighted by Gasteiger charge is -2.16. The topological polar surface area (TPSA) is 92.6 Å². The van der Waals surface area contributed by atoms with Crippen LogP contribution in [0, 0.1) is 10.1 Å². The molecular weight excluding hydrogens is 226 g/mol. The molecule has 0 unspecified atom stereocenters. The van der Waals surface area contributed by atoms with Crippen LogP contribution in [0.4, 0.5) is 0 Å². The zero-order valence-corrected chi connectivity index (χ0v) is 10.0. The molecule has 0 aromatic carbocycles. The maximum atomic E-state index is 11.8. The molecule has 2 atom stereocenters. The summed E-state index contributed by atoms with van der Waals surface area (Å²) in [6, 6.07) is -1.14. The Hall–Kier alpha value is -1.50. The second-order valence-electron chi connectivity index (χ2n) is 4.18. The van der Waals surface area contributed by atoms with Crippen LogP contribution in [0.15, 0.2) is 0 Å². The van der Waals surface area contributed by atoms with Crippen LogP contribution in [0.5, 0.6) is 0 Å². The molecule has 1 rings (SSSR count). The van der Waals surface area contributed by atoms with Gasteiger partial charge in [-0.2, -0.15) is 0 Å². The summed E-state index contributed by atoms with van der Waals surface area (Å²) in [6.45, 7) is 1.94. The van der Waals surface area contributed by atoms with Gasteiger partial charge in [0.25, 0.3) is 0 Å². The highest BCUT2D eigenvalue weighted by Crippen LogP contribution is 2.19. The average Bonchev–Trinajstić information content (AvgIpc) is 2.76. The molecule has 1 heterocycles. The van der Waals surface area contributed by atoms with Crippen LogP contribution < -0.4 is 5.32 Å². The number of nitro groups is 1. The molecule has 7 nitrogen and oxygen atoms in total. The van der Waals surface area contributed by atoms with Crippen molar-refractivity contribution < 1.29 is 14.6 Å². The van der Waals surface area contributed by atoms with Crippen LogP contribution in [0.1, 0.15) is 26.2 Å². The quantitative estimate of drug-likeness (QED) is 0.394. The molecule has 0 spiro atoms. The number of likely N-dealkylation sites (N-methyl/N-ethyl adjacent to an activating group) is 1. The number of carbonyl (C=O) groups is 2. The van der Waals surface area contributed by atoms with Crippen molar-refractivity contribution in [3.63, 3.8) is 0 Å². The molecule has 17 heavy (non-hydrogen) atoms. The van der Waals surface area contributed by atoms with Crippen LogP contribution in [0.25, 0.3) is 0 Å². The normalized spacial score (nSPS) is 21.3. The third kappa shape index (κ3) is 3.23. The number of nitrogens with zero attached hydrogens (tertiary/aromatic N) is 2. The van der Waals surface area contributed by atoms with Gasteiger partial charge in [-0.3, -0.25) is 9.59 Å². The molecule has 1 aliphatic heterocycles. The van der Waals surface area contributed by atoms with Crippen molar-refractivity contribution >= 4 is 11.6 Å². The Morgan fingerprint density at radius 2 is 2.24 bits per heavy atom. The molecule has 0 amide bonds. The fourth-order valence-electron chi connectivity index (χ4n) is 1.88. The Morgan fingerprint density at radius 1 is 1.59 bits per heavy atom. The Kier molecular flexibility index (Phi) is 4.56. The van der Waals surface area contributed by atoms with E-state index in [1.807, 2.05) is 0 Å². The monoisotopic (exact) mass is 243 g/mol. The summed E-state index contributed by atoms with van der Waals surface area (Å²) >= 11 is 0. The van der Waals surface area contributed by atoms with E-state index < -0.39 is 17.1 Å². The lowest BCUT2D eigenvalue weighted by Crippen LogP contribution is -2.42. The van der Waals surface area contributed by atoms with E-state index in [4.69, 9.17) is 0 Å². The van der Waals surface area contributed by atoms with Gasteiger partial charge < -0.3 is 5.32 Å². The maximum absolute atomic E-state index is 11.8. The average molecular weight is 243 g/mol. The van der Waals surface area contributed by atoms with E-state index in [0.717, 1.165) is 5.01 Å². The first-order valence-corrected chi connectivity index (χ1v) is 5.61. The van der Waals surface area contributed by atoms with E-state index in [1.54, 1.807) is 14.0 Å². The Labute approximate surface area is 99.3 Å². The molecule has 0 radical (unpaired) electrons. The fraction of sp³-hybridized carbons (Fsp3) is 0.800. The Balaban J connectivity index is 2.58. The van der Waals surface area contributed by atoms with Gasteiger partial charge in [-0.05, 0) is 26.8 Å². The molecular formula is C10H17N3O4. The zero-order chi connectivity index (χ0) is 13.0. The molecule has 0 bridgehead atoms. The molecule has 0 aromatic heterocycles. The first kappa shape index (κ1) is 13.6. The number of Topliss-reactive ketones (excluding diaryl/α,β-unsaturated/α-hetero) is 2. The van der Waals surface area contributed by atoms with Crippen molar-refractivity contribution in [2.45, 2.75) is 38.3 Å². The number of rotatable bonds is 6. The highest BCUT2D eigenvalue weighted by atomic mass is 16.7. The molecule has 1 fully saturated rings. The number of hydrogen-bond donors (Lipinski definition) is 1. The van der Waals surface area contributed by atoms with Gasteiger partial charge in [0, 0.05) is 0 Å². The fourth-order valence-corrected chi connectivity index (χ4v) is 1.88. The summed E-state index contributed by atoms with van der Waals surface area (Å²) in [5.41, 5.74) is 0. The van der Waals surface area contributed by atoms with Gasteiger partial charge >= 0.3 is 0 Å². The van der Waals surface area contributed by atoms with Gasteiger partial charge in [0.05, 0.1) is 19.0 Å². The van der Waals surface area contributed by atoms with Crippen molar-refractivity contribution in [2.24, 2.45) is 0 Å². The van der Waals surface area contributed by atoms with Crippen molar-refractivity contribution in [3.05, 3.63) is 10.1 Å². The third-order valence-electron chi connectivity index (χ3n) is 3.07. The second-order valence-corrected chi connectivity index (χ2v) is 4.18. The van der Waals surface area contributed by atoms with E-state index >= 15 is 0 Å². The minimum Gasteiger partial charge on any atom is -0.311 e. The summed E-state index contributed by atoms with van der Waals surface area (Å²) in [5.74, 6) is -0.584. The standard InChI is InChI=1S/C10H17N3O4/c1-7(11-2)9(14)6-10(15)8-4-3-5-12(8)13(16)17/h7-8,11H,3-6H2,1-2H3/t7-,8-/m0/s1. The number of carbonyl (C=O) groups excluding carboxylic acids is 2. The molecule has 96 valence electrons. The maximum Gasteiger partial charge on any atom is 0.168 e. The predicted octanol–water partition coefficient (Wildman–Crippen LogP) is -0.221. The van der Waals surface area contributed by atoms with Gasteiger partial charge in [-0.25, -0.2) is 10.1 Å². The van der Waals surface area contributed by atoms with Crippen LogP contribution in [0.3, 0.4) is 0 Å². The van der Waals surface area contributed by atoms with E-state index in [-0.39, 0.29) is 24.5 Å². The number of nitrogens with one attached hydrogen (secondary N) is 1. The molecule has 1 N–H and O–H groups in total. The van der Waals surface area contributed by atoms with Gasteiger partial charge in [0.15, 0.2) is 16.6 Å². The highest BCUT2D eigenvalue weighted by Gasteiger charge is 2.38. The van der Waals surface area contributed by atoms with Gasteiger partial charge in [0.2, 0.25) is 0 Å². The van der Waals surface area contributed by atoms with E-state index in [2.05, 4.69) is 5.32 Å². The van der Waals surface area contributed by atoms with Crippen molar-refractivity contribution in [2.75, 3.05) is 13.6 Å². The van der Waals surface area contributed by atoms with Crippen molar-refractivity contribution in [1.82, 2.24) is 10.3 Å². The highest BCUT2D eigenvalue weighted by molar-refractivity contribution is 6.03. The minimum atomic E-state index is -0.738. The van der Waals surface area contributed by atoms with Crippen LogP contribution in [0.2, 0.25) is 0 Å². The zero-order valence-electron chi connectivity index (χ0n) is 10.0. The van der Waals surface area contributed by atoms with E-state index in [1.165, 1.54) is 0 Å². The molecule has 7 heteroatoms. The van der Waals surface area contributed by atoms with Crippen molar-refractivity contribution in [3.8, 4) is 0 Å². The largest absolute Gasteiger partial charge is 0.311 e. The van der Waals surface area contributed by atoms with Crippen LogP contribution in [-0.4, -0.2) is 47.3 Å². The first-order valence-electron chi connectivity index (χ1n) is 5.61.